The minimum atomic E-state index is 0.204. The molecule has 25 heavy (non-hydrogen) atoms. The van der Waals surface area contributed by atoms with Crippen LogP contribution in [0, 0.1) is 0 Å². The highest BCUT2D eigenvalue weighted by Gasteiger charge is 2.08. The highest BCUT2D eigenvalue weighted by atomic mass is 16.5. The van der Waals surface area contributed by atoms with E-state index in [0.29, 0.717) is 0 Å². The van der Waals surface area contributed by atoms with Crippen molar-refractivity contribution in [2.45, 2.75) is 32.9 Å². The summed E-state index contributed by atoms with van der Waals surface area (Å²) in [6.45, 7) is 5.74. The van der Waals surface area contributed by atoms with E-state index in [2.05, 4.69) is 64.3 Å². The van der Waals surface area contributed by atoms with Gasteiger partial charge in [0.15, 0.2) is 5.96 Å². The molecule has 0 fully saturated rings. The summed E-state index contributed by atoms with van der Waals surface area (Å²) in [7, 11) is 5.94. The van der Waals surface area contributed by atoms with E-state index < -0.39 is 0 Å². The van der Waals surface area contributed by atoms with Gasteiger partial charge in [-0.2, -0.15) is 0 Å². The van der Waals surface area contributed by atoms with Crippen LogP contribution in [0.2, 0.25) is 0 Å². The summed E-state index contributed by atoms with van der Waals surface area (Å²) in [6.07, 6.45) is 3.21. The molecule has 0 aliphatic rings. The molecule has 0 bridgehead atoms. The van der Waals surface area contributed by atoms with E-state index >= 15 is 0 Å². The van der Waals surface area contributed by atoms with Gasteiger partial charge in [0.1, 0.15) is 5.75 Å². The van der Waals surface area contributed by atoms with Crippen molar-refractivity contribution in [3.8, 4) is 5.75 Å². The molecule has 5 nitrogen and oxygen atoms in total. The van der Waals surface area contributed by atoms with Gasteiger partial charge in [-0.05, 0) is 50.1 Å². The lowest BCUT2D eigenvalue weighted by molar-refractivity contribution is 0.242. The van der Waals surface area contributed by atoms with Crippen LogP contribution in [0.3, 0.4) is 0 Å². The van der Waals surface area contributed by atoms with E-state index in [1.807, 2.05) is 33.0 Å². The zero-order valence-electron chi connectivity index (χ0n) is 16.0. The van der Waals surface area contributed by atoms with Crippen molar-refractivity contribution in [3.63, 3.8) is 0 Å². The van der Waals surface area contributed by atoms with Gasteiger partial charge in [-0.1, -0.05) is 12.1 Å². The van der Waals surface area contributed by atoms with E-state index in [-0.39, 0.29) is 6.10 Å². The number of nitrogens with zero attached hydrogens (tertiary/aromatic N) is 3. The van der Waals surface area contributed by atoms with Gasteiger partial charge in [0, 0.05) is 39.6 Å². The number of hydrogen-bond donors (Lipinski definition) is 1. The first-order valence-electron chi connectivity index (χ1n) is 8.77. The van der Waals surface area contributed by atoms with E-state index in [9.17, 15) is 0 Å². The summed E-state index contributed by atoms with van der Waals surface area (Å²) in [6, 6.07) is 12.5. The molecule has 0 atom stereocenters. The van der Waals surface area contributed by atoms with Crippen LogP contribution >= 0.6 is 0 Å². The second-order valence-electron chi connectivity index (χ2n) is 6.50. The minimum Gasteiger partial charge on any atom is -0.491 e. The second kappa shape index (κ2) is 9.16. The van der Waals surface area contributed by atoms with Crippen LogP contribution in [0.4, 0.5) is 0 Å². The first-order chi connectivity index (χ1) is 12.0. The summed E-state index contributed by atoms with van der Waals surface area (Å²) in [5.74, 6) is 1.82. The van der Waals surface area contributed by atoms with Crippen molar-refractivity contribution < 1.29 is 4.74 Å². The molecule has 2 aromatic rings. The third-order valence-corrected chi connectivity index (χ3v) is 4.02. The first kappa shape index (κ1) is 18.9. The summed E-state index contributed by atoms with van der Waals surface area (Å²) in [5.41, 5.74) is 2.54. The summed E-state index contributed by atoms with van der Waals surface area (Å²) < 4.78 is 7.81. The lowest BCUT2D eigenvalue weighted by Crippen LogP contribution is -2.39. The highest BCUT2D eigenvalue weighted by Crippen LogP contribution is 2.14. The summed E-state index contributed by atoms with van der Waals surface area (Å²) >= 11 is 0. The number of guanidine groups is 1. The maximum Gasteiger partial charge on any atom is 0.193 e. The van der Waals surface area contributed by atoms with Crippen LogP contribution in [0.1, 0.15) is 25.1 Å². The SMILES string of the molecule is CN=C(NCCc1ccc(OC(C)C)cc1)N(C)Cc1cccn1C. The molecule has 1 aromatic heterocycles. The van der Waals surface area contributed by atoms with E-state index in [4.69, 9.17) is 4.74 Å². The molecule has 0 aliphatic carbocycles. The van der Waals surface area contributed by atoms with Gasteiger partial charge in [-0.3, -0.25) is 4.99 Å². The number of nitrogens with one attached hydrogen (secondary N) is 1. The Hall–Kier alpha value is -2.43. The van der Waals surface area contributed by atoms with Gasteiger partial charge in [0.05, 0.1) is 12.6 Å². The number of aromatic nitrogens is 1. The molecule has 1 heterocycles. The average Bonchev–Trinajstić information content (AvgIpc) is 2.97. The largest absolute Gasteiger partial charge is 0.491 e. The highest BCUT2D eigenvalue weighted by molar-refractivity contribution is 5.79. The Balaban J connectivity index is 1.81. The number of aryl methyl sites for hydroxylation is 1. The van der Waals surface area contributed by atoms with Gasteiger partial charge in [0.25, 0.3) is 0 Å². The Morgan fingerprint density at radius 1 is 1.24 bits per heavy atom. The number of rotatable bonds is 7. The van der Waals surface area contributed by atoms with Crippen LogP contribution in [0.5, 0.6) is 5.75 Å². The van der Waals surface area contributed by atoms with Crippen molar-refractivity contribution in [2.75, 3.05) is 20.6 Å². The maximum absolute atomic E-state index is 5.68. The minimum absolute atomic E-state index is 0.204. The Morgan fingerprint density at radius 2 is 1.96 bits per heavy atom. The number of ether oxygens (including phenoxy) is 1. The predicted molar refractivity (Wildman–Crippen MR) is 104 cm³/mol. The zero-order valence-corrected chi connectivity index (χ0v) is 16.0. The average molecular weight is 342 g/mol. The van der Waals surface area contributed by atoms with Crippen molar-refractivity contribution in [1.29, 1.82) is 0 Å². The first-order valence-corrected chi connectivity index (χ1v) is 8.77. The van der Waals surface area contributed by atoms with Gasteiger partial charge in [-0.25, -0.2) is 0 Å². The fourth-order valence-corrected chi connectivity index (χ4v) is 2.69. The maximum atomic E-state index is 5.68. The fourth-order valence-electron chi connectivity index (χ4n) is 2.69. The Kier molecular flexibility index (Phi) is 6.92. The van der Waals surface area contributed by atoms with Crippen LogP contribution in [0.15, 0.2) is 47.6 Å². The molecule has 0 amide bonds. The molecular formula is C20H30N4O. The standard InChI is InChI=1S/C20H30N4O/c1-16(2)25-19-10-8-17(9-11-19)12-13-22-20(21-3)24(5)15-18-7-6-14-23(18)4/h6-11,14,16H,12-13,15H2,1-5H3,(H,21,22). The van der Waals surface area contributed by atoms with Crippen molar-refractivity contribution in [2.24, 2.45) is 12.0 Å². The molecule has 1 N–H and O–H groups in total. The van der Waals surface area contributed by atoms with Gasteiger partial charge in [0.2, 0.25) is 0 Å². The van der Waals surface area contributed by atoms with Crippen LogP contribution in [0.25, 0.3) is 0 Å². The molecule has 1 aromatic carbocycles. The van der Waals surface area contributed by atoms with E-state index in [1.165, 1.54) is 11.3 Å². The predicted octanol–water partition coefficient (Wildman–Crippen LogP) is 3.06. The van der Waals surface area contributed by atoms with Crippen molar-refractivity contribution in [1.82, 2.24) is 14.8 Å². The third kappa shape index (κ3) is 5.85. The van der Waals surface area contributed by atoms with Crippen LogP contribution in [-0.2, 0) is 20.0 Å². The summed E-state index contributed by atoms with van der Waals surface area (Å²) in [5, 5.41) is 3.43. The molecule has 0 aliphatic heterocycles. The quantitative estimate of drug-likeness (QED) is 0.621. The number of benzene rings is 1. The molecule has 0 spiro atoms. The van der Waals surface area contributed by atoms with Crippen LogP contribution < -0.4 is 10.1 Å². The van der Waals surface area contributed by atoms with Gasteiger partial charge < -0.3 is 19.5 Å². The molecule has 0 radical (unpaired) electrons. The molecule has 0 saturated carbocycles. The van der Waals surface area contributed by atoms with Crippen LogP contribution in [-0.4, -0.2) is 42.2 Å². The Labute approximate surface area is 151 Å². The molecule has 2 rings (SSSR count). The monoisotopic (exact) mass is 342 g/mol. The van der Waals surface area contributed by atoms with E-state index in [0.717, 1.165) is 31.2 Å². The Bertz CT molecular complexity index is 673. The topological polar surface area (TPSA) is 41.8 Å². The van der Waals surface area contributed by atoms with Crippen molar-refractivity contribution >= 4 is 5.96 Å². The normalized spacial score (nSPS) is 11.7. The molecular weight excluding hydrogens is 312 g/mol. The van der Waals surface area contributed by atoms with Gasteiger partial charge in [-0.15, -0.1) is 0 Å². The van der Waals surface area contributed by atoms with Crippen molar-refractivity contribution in [3.05, 3.63) is 53.9 Å². The zero-order chi connectivity index (χ0) is 18.2. The molecule has 136 valence electrons. The van der Waals surface area contributed by atoms with E-state index in [1.54, 1.807) is 0 Å². The summed E-state index contributed by atoms with van der Waals surface area (Å²) in [4.78, 5) is 6.51. The fraction of sp³-hybridized carbons (Fsp3) is 0.450. The lowest BCUT2D eigenvalue weighted by atomic mass is 10.1. The number of aliphatic imine (C=N–C) groups is 1. The molecule has 0 unspecified atom stereocenters. The molecule has 5 heteroatoms. The third-order valence-electron chi connectivity index (χ3n) is 4.02. The lowest BCUT2D eigenvalue weighted by Gasteiger charge is -2.22. The number of hydrogen-bond acceptors (Lipinski definition) is 2. The second-order valence-corrected chi connectivity index (χ2v) is 6.50. The molecule has 0 saturated heterocycles. The van der Waals surface area contributed by atoms with Gasteiger partial charge >= 0.3 is 0 Å². The smallest absolute Gasteiger partial charge is 0.193 e. The Morgan fingerprint density at radius 3 is 2.52 bits per heavy atom.